The summed E-state index contributed by atoms with van der Waals surface area (Å²) in [6.45, 7) is 27.7. The van der Waals surface area contributed by atoms with Crippen LogP contribution >= 0.6 is 34.0 Å². The number of pyridine rings is 4. The molecule has 1 aliphatic rings. The fourth-order valence-electron chi connectivity index (χ4n) is 6.47. The summed E-state index contributed by atoms with van der Waals surface area (Å²) in [5, 5.41) is 41.8. The first-order valence-electron chi connectivity index (χ1n) is 27.0. The minimum Gasteiger partial charge on any atom is -0.443 e. The Morgan fingerprint density at radius 2 is 0.793 bits per heavy atom. The van der Waals surface area contributed by atoms with Gasteiger partial charge in [0.15, 0.2) is 11.6 Å². The van der Waals surface area contributed by atoms with Gasteiger partial charge in [-0.1, -0.05) is 18.2 Å². The third kappa shape index (κ3) is 25.8. The van der Waals surface area contributed by atoms with Crippen LogP contribution in [-0.4, -0.2) is 79.9 Å². The zero-order valence-corrected chi connectivity index (χ0v) is 54.1. The van der Waals surface area contributed by atoms with Gasteiger partial charge < -0.3 is 35.2 Å². The van der Waals surface area contributed by atoms with E-state index in [2.05, 4.69) is 44.4 Å². The number of ether oxygens (including phenoxy) is 5. The van der Waals surface area contributed by atoms with Crippen LogP contribution in [0.15, 0.2) is 101 Å². The lowest BCUT2D eigenvalue weighted by atomic mass is 10.2. The molecule has 0 saturated carbocycles. The van der Waals surface area contributed by atoms with Gasteiger partial charge in [-0.3, -0.25) is 0 Å². The van der Waals surface area contributed by atoms with Gasteiger partial charge in [-0.25, -0.2) is 39.1 Å². The number of carbonyl (C=O) groups excluding carboxylic acids is 4. The maximum absolute atomic E-state index is 12.8. The van der Waals surface area contributed by atoms with E-state index in [4.69, 9.17) is 45.7 Å². The van der Waals surface area contributed by atoms with Crippen molar-refractivity contribution in [2.24, 2.45) is 0 Å². The predicted octanol–water partition coefficient (Wildman–Crippen LogP) is 15.3. The number of anilines is 4. The van der Waals surface area contributed by atoms with Gasteiger partial charge in [0, 0.05) is 29.5 Å². The number of carbonyl (C=O) groups is 4. The average molecular weight is 1240 g/mol. The van der Waals surface area contributed by atoms with Crippen LogP contribution in [0.1, 0.15) is 134 Å². The lowest BCUT2D eigenvalue weighted by molar-refractivity contribution is 0.0406. The van der Waals surface area contributed by atoms with Gasteiger partial charge in [0.1, 0.15) is 58.3 Å². The van der Waals surface area contributed by atoms with Gasteiger partial charge in [0.25, 0.3) is 0 Å². The van der Waals surface area contributed by atoms with Crippen LogP contribution in [0.2, 0.25) is 0 Å². The van der Waals surface area contributed by atoms with Crippen LogP contribution in [0.4, 0.5) is 42.4 Å². The highest BCUT2D eigenvalue weighted by molar-refractivity contribution is 7.13. The summed E-state index contributed by atoms with van der Waals surface area (Å²) >= 11 is 4.83. The maximum Gasteiger partial charge on any atom is 0.425 e. The summed E-state index contributed by atoms with van der Waals surface area (Å²) in [6.07, 6.45) is -1.28. The summed E-state index contributed by atoms with van der Waals surface area (Å²) in [5.41, 5.74) is 11.3. The summed E-state index contributed by atoms with van der Waals surface area (Å²) in [5.74, 6) is 0.360. The molecule has 0 aliphatic carbocycles. The highest BCUT2D eigenvalue weighted by atomic mass is 32.1. The van der Waals surface area contributed by atoms with Gasteiger partial charge in [0.2, 0.25) is 0 Å². The molecule has 1 aliphatic heterocycles. The first-order valence-corrected chi connectivity index (χ1v) is 29.6. The Hall–Kier alpha value is -9.30. The zero-order chi connectivity index (χ0) is 65.3. The molecule has 0 spiro atoms. The van der Waals surface area contributed by atoms with Crippen molar-refractivity contribution < 1.29 is 42.9 Å². The first-order chi connectivity index (χ1) is 40.7. The monoisotopic (exact) mass is 1240 g/mol. The Morgan fingerprint density at radius 3 is 1.09 bits per heavy atom. The fourth-order valence-corrected chi connectivity index (χ4v) is 8.39. The Balaban J connectivity index is 0.000000299. The molecular weight excluding hydrogens is 1160 g/mol. The molecule has 7 aromatic heterocycles. The summed E-state index contributed by atoms with van der Waals surface area (Å²) in [7, 11) is 0. The summed E-state index contributed by atoms with van der Waals surface area (Å²) < 4.78 is 26.2. The number of nitrogens with zero attached hydrogens (tertiary/aromatic N) is 10. The van der Waals surface area contributed by atoms with Crippen molar-refractivity contribution >= 4 is 81.7 Å². The normalized spacial score (nSPS) is 11.4. The van der Waals surface area contributed by atoms with E-state index in [0.29, 0.717) is 44.0 Å². The van der Waals surface area contributed by atoms with E-state index < -0.39 is 46.8 Å². The molecule has 8 rings (SSSR count). The highest BCUT2D eigenvalue weighted by Crippen LogP contribution is 2.30. The van der Waals surface area contributed by atoms with Crippen molar-refractivity contribution in [3.8, 4) is 45.4 Å². The molecule has 0 bridgehead atoms. The second-order valence-corrected chi connectivity index (χ2v) is 25.5. The molecule has 458 valence electrons. The molecule has 7 aromatic rings. The molecule has 0 aromatic carbocycles. The number of rotatable bonds is 4. The minimum absolute atomic E-state index is 0.0528. The third-order valence-corrected chi connectivity index (χ3v) is 12.7. The van der Waals surface area contributed by atoms with Gasteiger partial charge >= 0.3 is 24.4 Å². The van der Waals surface area contributed by atoms with Crippen LogP contribution in [0.25, 0.3) is 21.1 Å². The molecule has 24 heteroatoms. The van der Waals surface area contributed by atoms with E-state index in [-0.39, 0.29) is 22.8 Å². The molecule has 1 fully saturated rings. The van der Waals surface area contributed by atoms with Gasteiger partial charge in [-0.2, -0.15) is 30.8 Å². The first kappa shape index (κ1) is 72.0. The van der Waals surface area contributed by atoms with Crippen LogP contribution < -0.4 is 21.3 Å². The van der Waals surface area contributed by atoms with Crippen LogP contribution in [0, 0.1) is 66.1 Å². The largest absolute Gasteiger partial charge is 0.443 e. The average Bonchev–Trinajstić information content (AvgIpc) is 1.96. The van der Waals surface area contributed by atoms with E-state index >= 15 is 0 Å². The molecule has 4 amide bonds. The number of imide groups is 2. The number of amides is 4. The van der Waals surface area contributed by atoms with Crippen molar-refractivity contribution in [2.45, 2.75) is 139 Å². The Morgan fingerprint density at radius 1 is 0.460 bits per heavy atom. The van der Waals surface area contributed by atoms with Crippen molar-refractivity contribution in [3.05, 3.63) is 140 Å². The van der Waals surface area contributed by atoms with Gasteiger partial charge in [0.05, 0.1) is 43.4 Å². The van der Waals surface area contributed by atoms with Crippen LogP contribution in [0.3, 0.4) is 0 Å². The third-order valence-electron chi connectivity index (χ3n) is 10.1. The van der Waals surface area contributed by atoms with E-state index in [1.54, 1.807) is 149 Å². The number of nitrogen functional groups attached to an aromatic ring is 2. The second-order valence-electron chi connectivity index (χ2n) is 22.4. The predicted molar refractivity (Wildman–Crippen MR) is 340 cm³/mol. The quantitative estimate of drug-likeness (QED) is 0.155. The van der Waals surface area contributed by atoms with Crippen molar-refractivity contribution in [3.63, 3.8) is 0 Å². The zero-order valence-electron chi connectivity index (χ0n) is 51.7. The number of hydrogen-bond acceptors (Lipinski definition) is 22. The summed E-state index contributed by atoms with van der Waals surface area (Å²) in [4.78, 5) is 71.9. The molecule has 21 nitrogen and oxygen atoms in total. The second kappa shape index (κ2) is 33.4. The molecule has 0 radical (unpaired) electrons. The Labute approximate surface area is 521 Å². The number of thiophene rings is 3. The van der Waals surface area contributed by atoms with Crippen molar-refractivity contribution in [1.29, 1.82) is 21.0 Å². The number of aromatic nitrogens is 4. The molecule has 87 heavy (non-hydrogen) atoms. The number of nitriles is 4. The summed E-state index contributed by atoms with van der Waals surface area (Å²) in [6, 6.07) is 32.8. The van der Waals surface area contributed by atoms with E-state index in [1.807, 2.05) is 66.2 Å². The van der Waals surface area contributed by atoms with Crippen molar-refractivity contribution in [2.75, 3.05) is 34.5 Å². The number of nitrogens with two attached hydrogens (primary N) is 2. The van der Waals surface area contributed by atoms with E-state index in [0.717, 1.165) is 34.4 Å². The smallest absolute Gasteiger partial charge is 0.425 e. The molecular formula is C63H74N12O9S3. The highest BCUT2D eigenvalue weighted by Gasteiger charge is 2.37. The lowest BCUT2D eigenvalue weighted by Gasteiger charge is -2.28. The molecule has 4 N–H and O–H groups in total. The minimum atomic E-state index is -0.964. The number of hydrogen-bond donors (Lipinski definition) is 2. The SMILES string of the molecule is C1CCOC1.CC(C)(C)OC(=O)N(C(=O)OC(C)(C)C)c1nc(-c2cccs2)ccc1C#N.Cc1ccc(C#N)c(N(C(=O)OC(C)(C)C)C(=O)OC(C)(C)C)n1.Cc1ccc(C#N)c(N)n1.Cc1cccs1.N#Cc1ccc(-c2cccs2)nc1N. The lowest BCUT2D eigenvalue weighted by Crippen LogP contribution is -2.44. The number of aryl methyl sites for hydroxylation is 3. The molecule has 0 unspecified atom stereocenters. The van der Waals surface area contributed by atoms with Crippen molar-refractivity contribution in [1.82, 2.24) is 19.9 Å². The van der Waals surface area contributed by atoms with Gasteiger partial charge in [-0.15, -0.1) is 34.0 Å². The molecule has 1 saturated heterocycles. The Bertz CT molecular complexity index is 3490. The molecule has 0 atom stereocenters. The maximum atomic E-state index is 12.8. The fraction of sp³-hybridized carbons (Fsp3) is 0.365. The Kier molecular flexibility index (Phi) is 27.6. The van der Waals surface area contributed by atoms with E-state index in [9.17, 15) is 29.7 Å². The topological polar surface area (TPSA) is 320 Å². The van der Waals surface area contributed by atoms with Gasteiger partial charge in [-0.05, 0) is 200 Å². The van der Waals surface area contributed by atoms with E-state index in [1.165, 1.54) is 41.2 Å². The standard InChI is InChI=1S/C20H23N3O4S.C17H23N3O4.C10H7N3S.C7H7N3.C5H6S.C4H8O/c1-19(2,3)26-17(24)23(18(25)27-20(4,5)6)16-13(12-21)9-10-14(22-16)15-8-7-11-28-15;1-11-8-9-12(10-18)13(19-11)20(14(21)23-16(2,3)4)15(22)24-17(5,6)7;11-6-7-3-4-8(13-10(7)12)9-2-1-5-14-9;1-5-2-3-6(4-8)7(9)10-5;1-5-3-2-4-6-5;1-2-4-5-3-1/h7-11H,1-6H3;8-9H,1-7H3;1-5H,(H2,12,13);2-3H,1H3,(H2,9,10);2-4H,1H3;1-4H2. The van der Waals surface area contributed by atoms with Crippen LogP contribution in [-0.2, 0) is 23.7 Å². The van der Waals surface area contributed by atoms with Crippen LogP contribution in [0.5, 0.6) is 0 Å². The molecule has 8 heterocycles.